The molecule has 0 radical (unpaired) electrons. The Morgan fingerprint density at radius 1 is 1.35 bits per heavy atom. The summed E-state index contributed by atoms with van der Waals surface area (Å²) in [5.74, 6) is 0.415. The Morgan fingerprint density at radius 2 is 2.09 bits per heavy atom. The summed E-state index contributed by atoms with van der Waals surface area (Å²) in [6.07, 6.45) is 2.31. The highest BCUT2D eigenvalue weighted by Crippen LogP contribution is 2.32. The fourth-order valence-electron chi connectivity index (χ4n) is 2.83. The molecule has 1 aliphatic heterocycles. The maximum Gasteiger partial charge on any atom is 0.277 e. The van der Waals surface area contributed by atoms with Gasteiger partial charge in [-0.3, -0.25) is 9.78 Å². The third-order valence-corrected chi connectivity index (χ3v) is 4.24. The van der Waals surface area contributed by atoms with Crippen LogP contribution in [-0.4, -0.2) is 27.8 Å². The van der Waals surface area contributed by atoms with Crippen LogP contribution in [0.3, 0.4) is 0 Å². The molecule has 0 spiro atoms. The van der Waals surface area contributed by atoms with Gasteiger partial charge >= 0.3 is 0 Å². The topological polar surface area (TPSA) is 113 Å². The lowest BCUT2D eigenvalue weighted by atomic mass is 9.84. The van der Waals surface area contributed by atoms with Crippen molar-refractivity contribution in [2.24, 2.45) is 0 Å². The number of rotatable bonds is 4. The average molecular weight is 313 g/mol. The monoisotopic (exact) mass is 313 g/mol. The second-order valence-electron chi connectivity index (χ2n) is 5.96. The minimum Gasteiger partial charge on any atom is -0.369 e. The molecule has 2 atom stereocenters. The van der Waals surface area contributed by atoms with Crippen molar-refractivity contribution in [3.05, 3.63) is 46.2 Å². The predicted octanol–water partition coefficient (Wildman–Crippen LogP) is 1.15. The van der Waals surface area contributed by atoms with Crippen LogP contribution in [0.5, 0.6) is 0 Å². The first-order valence-corrected chi connectivity index (χ1v) is 7.45. The van der Waals surface area contributed by atoms with Crippen LogP contribution in [0.15, 0.2) is 35.1 Å². The summed E-state index contributed by atoms with van der Waals surface area (Å²) in [6, 6.07) is 9.49. The molecule has 7 heteroatoms. The normalized spacial score (nSPS) is 22.6. The molecule has 0 saturated carbocycles. The molecule has 7 nitrogen and oxygen atoms in total. The van der Waals surface area contributed by atoms with E-state index in [1.54, 1.807) is 0 Å². The van der Waals surface area contributed by atoms with Crippen LogP contribution in [0.25, 0.3) is 0 Å². The third kappa shape index (κ3) is 2.90. The van der Waals surface area contributed by atoms with Crippen LogP contribution in [0.1, 0.15) is 18.9 Å². The number of benzene rings is 1. The van der Waals surface area contributed by atoms with E-state index < -0.39 is 17.1 Å². The lowest BCUT2D eigenvalue weighted by Crippen LogP contribution is -2.56. The molecule has 0 fully saturated rings. The van der Waals surface area contributed by atoms with Gasteiger partial charge in [0.05, 0.1) is 5.54 Å². The Balaban J connectivity index is 1.88. The highest BCUT2D eigenvalue weighted by atomic mass is 16.1. The van der Waals surface area contributed by atoms with Crippen LogP contribution in [-0.2, 0) is 11.2 Å². The van der Waals surface area contributed by atoms with Gasteiger partial charge in [0.15, 0.2) is 5.82 Å². The van der Waals surface area contributed by atoms with E-state index in [0.29, 0.717) is 12.2 Å². The van der Waals surface area contributed by atoms with Crippen LogP contribution >= 0.6 is 0 Å². The summed E-state index contributed by atoms with van der Waals surface area (Å²) in [7, 11) is 0. The number of carbonyl (C=O) groups is 1. The molecule has 23 heavy (non-hydrogen) atoms. The average Bonchev–Trinajstić information content (AvgIpc) is 2.53. The van der Waals surface area contributed by atoms with Gasteiger partial charge in [0, 0.05) is 0 Å². The van der Waals surface area contributed by atoms with Crippen molar-refractivity contribution in [2.45, 2.75) is 31.3 Å². The van der Waals surface area contributed by atoms with Crippen LogP contribution in [0, 0.1) is 0 Å². The minimum absolute atomic E-state index is 0.0398. The van der Waals surface area contributed by atoms with E-state index in [1.807, 2.05) is 37.3 Å². The largest absolute Gasteiger partial charge is 0.369 e. The molecular formula is C16H19N5O2. The first-order chi connectivity index (χ1) is 11.0. The van der Waals surface area contributed by atoms with Gasteiger partial charge in [-0.2, -0.15) is 4.98 Å². The van der Waals surface area contributed by atoms with Crippen molar-refractivity contribution in [2.75, 3.05) is 16.4 Å². The van der Waals surface area contributed by atoms with Crippen LogP contribution in [0.2, 0.25) is 0 Å². The molecular weight excluding hydrogens is 294 g/mol. The first kappa shape index (κ1) is 15.1. The smallest absolute Gasteiger partial charge is 0.277 e. The minimum atomic E-state index is -0.572. The maximum atomic E-state index is 11.9. The van der Waals surface area contributed by atoms with E-state index in [4.69, 9.17) is 5.73 Å². The standard InChI is InChI=1S/C16H19N5O2/c1-16(8-7-10-5-3-2-4-6-10)11(9-22)18-12-13(21-16)19-15(17)20-14(12)23/h2-6,9,11,18H,7-8H2,1H3,(H4,17,19,20,21,23). The Labute approximate surface area is 133 Å². The van der Waals surface area contributed by atoms with Gasteiger partial charge in [0.2, 0.25) is 5.95 Å². The summed E-state index contributed by atoms with van der Waals surface area (Å²) < 4.78 is 0. The van der Waals surface area contributed by atoms with Gasteiger partial charge in [-0.1, -0.05) is 30.3 Å². The molecule has 1 aromatic carbocycles. The summed E-state index contributed by atoms with van der Waals surface area (Å²) in [6.45, 7) is 1.93. The van der Waals surface area contributed by atoms with Crippen molar-refractivity contribution >= 4 is 23.7 Å². The Kier molecular flexibility index (Phi) is 3.77. The number of anilines is 3. The molecule has 2 heterocycles. The maximum absolute atomic E-state index is 11.9. The number of aldehydes is 1. The molecule has 1 aromatic heterocycles. The summed E-state index contributed by atoms with van der Waals surface area (Å²) >= 11 is 0. The molecule has 0 aliphatic carbocycles. The number of nitrogens with one attached hydrogen (secondary N) is 3. The number of nitrogens with two attached hydrogens (primary N) is 1. The van der Waals surface area contributed by atoms with Crippen molar-refractivity contribution in [1.82, 2.24) is 9.97 Å². The van der Waals surface area contributed by atoms with E-state index in [1.165, 1.54) is 5.56 Å². The number of aromatic nitrogens is 2. The molecule has 0 amide bonds. The number of nitrogen functional groups attached to an aromatic ring is 1. The molecule has 2 unspecified atom stereocenters. The predicted molar refractivity (Wildman–Crippen MR) is 89.5 cm³/mol. The first-order valence-electron chi connectivity index (χ1n) is 7.45. The molecule has 120 valence electrons. The van der Waals surface area contributed by atoms with Crippen molar-refractivity contribution in [1.29, 1.82) is 0 Å². The zero-order valence-corrected chi connectivity index (χ0v) is 12.8. The molecule has 3 rings (SSSR count). The third-order valence-electron chi connectivity index (χ3n) is 4.24. The van der Waals surface area contributed by atoms with E-state index in [-0.39, 0.29) is 11.6 Å². The SMILES string of the molecule is CC1(CCc2ccccc2)Nc2nc(N)[nH]c(=O)c2NC1C=O. The number of aromatic amines is 1. The molecule has 0 bridgehead atoms. The van der Waals surface area contributed by atoms with Crippen molar-refractivity contribution < 1.29 is 4.79 Å². The highest BCUT2D eigenvalue weighted by molar-refractivity contribution is 5.77. The van der Waals surface area contributed by atoms with Gasteiger partial charge in [0.25, 0.3) is 5.56 Å². The number of carbonyl (C=O) groups excluding carboxylic acids is 1. The lowest BCUT2D eigenvalue weighted by Gasteiger charge is -2.41. The fraction of sp³-hybridized carbons (Fsp3) is 0.312. The number of aryl methyl sites for hydroxylation is 1. The van der Waals surface area contributed by atoms with Crippen LogP contribution < -0.4 is 21.9 Å². The summed E-state index contributed by atoms with van der Waals surface area (Å²) in [4.78, 5) is 30.0. The Bertz CT molecular complexity index is 774. The zero-order valence-electron chi connectivity index (χ0n) is 12.8. The van der Waals surface area contributed by atoms with Gasteiger partial charge < -0.3 is 21.2 Å². The zero-order chi connectivity index (χ0) is 16.4. The highest BCUT2D eigenvalue weighted by Gasteiger charge is 2.39. The molecule has 5 N–H and O–H groups in total. The lowest BCUT2D eigenvalue weighted by molar-refractivity contribution is -0.109. The second-order valence-corrected chi connectivity index (χ2v) is 5.96. The second kappa shape index (κ2) is 5.75. The Morgan fingerprint density at radius 3 is 2.78 bits per heavy atom. The number of hydrogen-bond donors (Lipinski definition) is 4. The Hall–Kier alpha value is -2.83. The summed E-state index contributed by atoms with van der Waals surface area (Å²) in [5.41, 5.74) is 6.06. The number of nitrogens with zero attached hydrogens (tertiary/aromatic N) is 1. The van der Waals surface area contributed by atoms with Gasteiger partial charge in [-0.25, -0.2) is 0 Å². The van der Waals surface area contributed by atoms with Crippen molar-refractivity contribution in [3.8, 4) is 0 Å². The van der Waals surface area contributed by atoms with Gasteiger partial charge in [-0.15, -0.1) is 0 Å². The van der Waals surface area contributed by atoms with E-state index in [0.717, 1.165) is 12.7 Å². The number of H-pyrrole nitrogens is 1. The van der Waals surface area contributed by atoms with Gasteiger partial charge in [0.1, 0.15) is 18.0 Å². The van der Waals surface area contributed by atoms with E-state index in [2.05, 4.69) is 20.6 Å². The molecule has 1 aliphatic rings. The quantitative estimate of drug-likeness (QED) is 0.630. The van der Waals surface area contributed by atoms with E-state index >= 15 is 0 Å². The number of hydrogen-bond acceptors (Lipinski definition) is 6. The molecule has 0 saturated heterocycles. The number of fused-ring (bicyclic) bond motifs is 1. The fourth-order valence-corrected chi connectivity index (χ4v) is 2.83. The van der Waals surface area contributed by atoms with Crippen molar-refractivity contribution in [3.63, 3.8) is 0 Å². The van der Waals surface area contributed by atoms with Gasteiger partial charge in [-0.05, 0) is 25.3 Å². The van der Waals surface area contributed by atoms with E-state index in [9.17, 15) is 9.59 Å². The van der Waals surface area contributed by atoms with Crippen LogP contribution in [0.4, 0.5) is 17.5 Å². The molecule has 2 aromatic rings. The summed E-state index contributed by atoms with van der Waals surface area (Å²) in [5, 5.41) is 6.20.